The molecule has 6 heteroatoms. The fourth-order valence-electron chi connectivity index (χ4n) is 1.88. The first-order valence-corrected chi connectivity index (χ1v) is 6.99. The second-order valence-corrected chi connectivity index (χ2v) is 5.11. The predicted octanol–water partition coefficient (Wildman–Crippen LogP) is 4.00. The van der Waals surface area contributed by atoms with Crippen molar-refractivity contribution in [2.24, 2.45) is 0 Å². The quantitative estimate of drug-likeness (QED) is 0.640. The second-order valence-electron chi connectivity index (χ2n) is 4.13. The average molecular weight is 277 g/mol. The third-order valence-electron chi connectivity index (χ3n) is 2.76. The van der Waals surface area contributed by atoms with Crippen molar-refractivity contribution >= 4 is 22.8 Å². The molecule has 0 fully saturated rings. The molecular weight excluding hydrogens is 262 g/mol. The van der Waals surface area contributed by atoms with Crippen LogP contribution in [-0.2, 0) is 0 Å². The normalized spacial score (nSPS) is 12.1. The number of rotatable bonds is 6. The Kier molecular flexibility index (Phi) is 4.46. The summed E-state index contributed by atoms with van der Waals surface area (Å²) in [7, 11) is 0. The van der Waals surface area contributed by atoms with Gasteiger partial charge in [0.05, 0.1) is 11.0 Å². The molecule has 2 heterocycles. The van der Waals surface area contributed by atoms with Crippen molar-refractivity contribution in [3.8, 4) is 0 Å². The molecule has 2 aromatic heterocycles. The molecule has 1 N–H and O–H groups in total. The van der Waals surface area contributed by atoms with Crippen molar-refractivity contribution in [1.29, 1.82) is 0 Å². The van der Waals surface area contributed by atoms with Crippen molar-refractivity contribution in [1.82, 2.24) is 4.98 Å². The van der Waals surface area contributed by atoms with Gasteiger partial charge in [0.2, 0.25) is 5.82 Å². The molecule has 0 saturated carbocycles. The molecule has 0 amide bonds. The van der Waals surface area contributed by atoms with Gasteiger partial charge in [-0.25, -0.2) is 4.98 Å². The van der Waals surface area contributed by atoms with E-state index in [9.17, 15) is 10.1 Å². The van der Waals surface area contributed by atoms with E-state index < -0.39 is 4.92 Å². The van der Waals surface area contributed by atoms with Crippen molar-refractivity contribution in [3.63, 3.8) is 0 Å². The molecule has 19 heavy (non-hydrogen) atoms. The van der Waals surface area contributed by atoms with Crippen LogP contribution in [0.5, 0.6) is 0 Å². The third-order valence-corrected chi connectivity index (χ3v) is 3.74. The first-order valence-electron chi connectivity index (χ1n) is 6.11. The monoisotopic (exact) mass is 277 g/mol. The Bertz CT molecular complexity index is 543. The summed E-state index contributed by atoms with van der Waals surface area (Å²) in [6.07, 6.45) is 3.47. The van der Waals surface area contributed by atoms with Gasteiger partial charge in [-0.1, -0.05) is 19.4 Å². The maximum absolute atomic E-state index is 11.0. The van der Waals surface area contributed by atoms with Crippen LogP contribution < -0.4 is 5.32 Å². The van der Waals surface area contributed by atoms with Gasteiger partial charge < -0.3 is 5.32 Å². The molecule has 0 saturated heterocycles. The molecule has 2 aromatic rings. The van der Waals surface area contributed by atoms with Gasteiger partial charge in [-0.05, 0) is 23.9 Å². The van der Waals surface area contributed by atoms with Crippen LogP contribution in [0.3, 0.4) is 0 Å². The summed E-state index contributed by atoms with van der Waals surface area (Å²) in [5.74, 6) is 0.333. The van der Waals surface area contributed by atoms with E-state index in [1.807, 2.05) is 17.5 Å². The van der Waals surface area contributed by atoms with E-state index >= 15 is 0 Å². The lowest BCUT2D eigenvalue weighted by molar-refractivity contribution is -0.384. The minimum Gasteiger partial charge on any atom is -0.357 e. The molecule has 2 rings (SSSR count). The number of anilines is 1. The Morgan fingerprint density at radius 1 is 1.47 bits per heavy atom. The molecule has 0 radical (unpaired) electrons. The Labute approximate surface area is 115 Å². The lowest BCUT2D eigenvalue weighted by Crippen LogP contribution is -2.11. The van der Waals surface area contributed by atoms with Crippen LogP contribution in [0.1, 0.15) is 30.7 Å². The molecule has 0 spiro atoms. The molecule has 0 aromatic carbocycles. The van der Waals surface area contributed by atoms with Crippen molar-refractivity contribution in [3.05, 3.63) is 50.8 Å². The fourth-order valence-corrected chi connectivity index (χ4v) is 2.70. The van der Waals surface area contributed by atoms with Crippen LogP contribution in [0.2, 0.25) is 0 Å². The van der Waals surface area contributed by atoms with Crippen LogP contribution in [0.15, 0.2) is 35.8 Å². The zero-order valence-corrected chi connectivity index (χ0v) is 11.4. The lowest BCUT2D eigenvalue weighted by atomic mass is 10.1. The van der Waals surface area contributed by atoms with Crippen LogP contribution >= 0.6 is 11.3 Å². The molecule has 1 atom stereocenters. The number of thiophene rings is 1. The van der Waals surface area contributed by atoms with E-state index in [1.165, 1.54) is 10.9 Å². The van der Waals surface area contributed by atoms with E-state index in [4.69, 9.17) is 0 Å². The highest BCUT2D eigenvalue weighted by atomic mass is 32.1. The summed E-state index contributed by atoms with van der Waals surface area (Å²) in [4.78, 5) is 15.8. The zero-order chi connectivity index (χ0) is 13.7. The Balaban J connectivity index is 2.25. The Morgan fingerprint density at radius 2 is 2.32 bits per heavy atom. The van der Waals surface area contributed by atoms with Crippen molar-refractivity contribution in [2.75, 3.05) is 5.32 Å². The van der Waals surface area contributed by atoms with E-state index in [0.717, 1.165) is 12.8 Å². The minimum atomic E-state index is -0.410. The van der Waals surface area contributed by atoms with Crippen LogP contribution in [0.25, 0.3) is 0 Å². The summed E-state index contributed by atoms with van der Waals surface area (Å²) in [6, 6.07) is 7.12. The molecule has 0 aliphatic rings. The minimum absolute atomic E-state index is 0.0140. The van der Waals surface area contributed by atoms with Crippen molar-refractivity contribution in [2.45, 2.75) is 25.8 Å². The summed E-state index contributed by atoms with van der Waals surface area (Å²) >= 11 is 1.64. The average Bonchev–Trinajstić information content (AvgIpc) is 2.92. The van der Waals surface area contributed by atoms with Crippen LogP contribution in [-0.4, -0.2) is 9.91 Å². The lowest BCUT2D eigenvalue weighted by Gasteiger charge is -2.17. The van der Waals surface area contributed by atoms with E-state index in [1.54, 1.807) is 23.6 Å². The summed E-state index contributed by atoms with van der Waals surface area (Å²) in [6.45, 7) is 2.09. The Morgan fingerprint density at radius 3 is 2.95 bits per heavy atom. The predicted molar refractivity (Wildman–Crippen MR) is 76.5 cm³/mol. The van der Waals surface area contributed by atoms with Gasteiger partial charge in [-0.2, -0.15) is 0 Å². The molecule has 0 aliphatic heterocycles. The Hall–Kier alpha value is -1.95. The highest BCUT2D eigenvalue weighted by molar-refractivity contribution is 7.10. The van der Waals surface area contributed by atoms with Gasteiger partial charge in [-0.3, -0.25) is 10.1 Å². The van der Waals surface area contributed by atoms with E-state index in [0.29, 0.717) is 5.82 Å². The summed E-state index contributed by atoms with van der Waals surface area (Å²) < 4.78 is 0. The number of hydrogen-bond acceptors (Lipinski definition) is 5. The molecule has 5 nitrogen and oxygen atoms in total. The number of nitrogens with zero attached hydrogens (tertiary/aromatic N) is 2. The standard InChI is InChI=1S/C13H15N3O2S/c1-2-5-10(12-7-4-9-19-12)15-13-11(16(17)18)6-3-8-14-13/h3-4,6-10H,2,5H2,1H3,(H,14,15). The largest absolute Gasteiger partial charge is 0.357 e. The maximum atomic E-state index is 11.0. The molecule has 1 unspecified atom stereocenters. The molecule has 0 aliphatic carbocycles. The number of nitrogens with one attached hydrogen (secondary N) is 1. The number of aromatic nitrogens is 1. The smallest absolute Gasteiger partial charge is 0.311 e. The van der Waals surface area contributed by atoms with Gasteiger partial charge in [-0.15, -0.1) is 11.3 Å². The van der Waals surface area contributed by atoms with Gasteiger partial charge in [0.1, 0.15) is 0 Å². The first-order chi connectivity index (χ1) is 9.22. The molecule has 100 valence electrons. The number of nitro groups is 1. The second kappa shape index (κ2) is 6.29. The highest BCUT2D eigenvalue weighted by Gasteiger charge is 2.19. The fraction of sp³-hybridized carbons (Fsp3) is 0.308. The SMILES string of the molecule is CCCC(Nc1ncccc1[N+](=O)[O-])c1cccs1. The number of hydrogen-bond donors (Lipinski definition) is 1. The first kappa shape index (κ1) is 13.5. The molecule has 0 bridgehead atoms. The van der Waals surface area contributed by atoms with E-state index in [2.05, 4.69) is 17.2 Å². The van der Waals surface area contributed by atoms with E-state index in [-0.39, 0.29) is 11.7 Å². The van der Waals surface area contributed by atoms with Gasteiger partial charge >= 0.3 is 5.69 Å². The molecular formula is C13H15N3O2S. The van der Waals surface area contributed by atoms with Gasteiger partial charge in [0.15, 0.2) is 0 Å². The number of pyridine rings is 1. The topological polar surface area (TPSA) is 68.1 Å². The maximum Gasteiger partial charge on any atom is 0.311 e. The third kappa shape index (κ3) is 3.29. The highest BCUT2D eigenvalue weighted by Crippen LogP contribution is 2.30. The van der Waals surface area contributed by atoms with Gasteiger partial charge in [0.25, 0.3) is 0 Å². The van der Waals surface area contributed by atoms with Crippen LogP contribution in [0.4, 0.5) is 11.5 Å². The zero-order valence-electron chi connectivity index (χ0n) is 10.6. The van der Waals surface area contributed by atoms with Crippen LogP contribution in [0, 0.1) is 10.1 Å². The summed E-state index contributed by atoms with van der Waals surface area (Å²) in [5, 5.41) is 16.2. The van der Waals surface area contributed by atoms with Crippen molar-refractivity contribution < 1.29 is 4.92 Å². The summed E-state index contributed by atoms with van der Waals surface area (Å²) in [5.41, 5.74) is 0.0140. The van der Waals surface area contributed by atoms with Gasteiger partial charge in [0, 0.05) is 17.1 Å².